The van der Waals surface area contributed by atoms with Crippen molar-refractivity contribution in [3.05, 3.63) is 42.4 Å². The number of rotatable bonds is 5. The van der Waals surface area contributed by atoms with Crippen molar-refractivity contribution < 1.29 is 0 Å². The number of imidazole rings is 1. The van der Waals surface area contributed by atoms with E-state index in [1.54, 1.807) is 19.4 Å². The molecule has 0 spiro atoms. The molecule has 21 heavy (non-hydrogen) atoms. The predicted octanol–water partition coefficient (Wildman–Crippen LogP) is 3.13. The second kappa shape index (κ2) is 7.33. The first-order valence-corrected chi connectivity index (χ1v) is 8.18. The van der Waals surface area contributed by atoms with Crippen LogP contribution in [0.1, 0.15) is 12.5 Å². The van der Waals surface area contributed by atoms with Gasteiger partial charge in [0.2, 0.25) is 0 Å². The monoisotopic (exact) mass is 319 g/mol. The zero-order valence-electron chi connectivity index (χ0n) is 11.7. The summed E-state index contributed by atoms with van der Waals surface area (Å²) in [4.78, 5) is 4.15. The molecule has 1 heterocycles. The highest BCUT2D eigenvalue weighted by molar-refractivity contribution is 8.13. The molecule has 0 aliphatic heterocycles. The minimum atomic E-state index is 0.161. The van der Waals surface area contributed by atoms with Crippen molar-refractivity contribution in [2.75, 3.05) is 5.75 Å². The quantitative estimate of drug-likeness (QED) is 0.448. The van der Waals surface area contributed by atoms with Gasteiger partial charge in [0.1, 0.15) is 11.4 Å². The fraction of sp³-hybridized carbons (Fsp3) is 0.214. The van der Waals surface area contributed by atoms with Gasteiger partial charge in [-0.05, 0) is 31.0 Å². The van der Waals surface area contributed by atoms with E-state index >= 15 is 0 Å². The number of hydrogen-bond donors (Lipinski definition) is 3. The van der Waals surface area contributed by atoms with Gasteiger partial charge in [-0.2, -0.15) is 0 Å². The summed E-state index contributed by atoms with van der Waals surface area (Å²) in [6.07, 6.45) is 4.40. The summed E-state index contributed by atoms with van der Waals surface area (Å²) >= 11 is 2.75. The number of nitrogens with two attached hydrogens (primary N) is 1. The van der Waals surface area contributed by atoms with E-state index in [2.05, 4.69) is 17.1 Å². The normalized spacial score (nSPS) is 10.5. The van der Waals surface area contributed by atoms with Crippen LogP contribution in [0, 0.1) is 10.8 Å². The van der Waals surface area contributed by atoms with Gasteiger partial charge >= 0.3 is 0 Å². The number of nitrogens with zero attached hydrogens (tertiary/aromatic N) is 2. The van der Waals surface area contributed by atoms with Gasteiger partial charge in [-0.1, -0.05) is 35.7 Å². The molecule has 1 aromatic carbocycles. The molecule has 7 heteroatoms. The lowest BCUT2D eigenvalue weighted by Gasteiger charge is -2.08. The van der Waals surface area contributed by atoms with Crippen LogP contribution in [0.5, 0.6) is 0 Å². The van der Waals surface area contributed by atoms with Crippen molar-refractivity contribution in [2.45, 2.75) is 18.4 Å². The van der Waals surface area contributed by atoms with Crippen molar-refractivity contribution in [3.63, 3.8) is 0 Å². The Hall–Kier alpha value is -1.73. The number of aryl methyl sites for hydroxylation is 1. The van der Waals surface area contributed by atoms with Gasteiger partial charge in [0, 0.05) is 11.4 Å². The fourth-order valence-corrected chi connectivity index (χ4v) is 3.05. The van der Waals surface area contributed by atoms with E-state index in [9.17, 15) is 0 Å². The van der Waals surface area contributed by atoms with Gasteiger partial charge in [0.15, 0.2) is 5.17 Å². The molecule has 0 radical (unpaired) electrons. The number of benzene rings is 1. The van der Waals surface area contributed by atoms with E-state index in [1.807, 2.05) is 16.7 Å². The molecule has 0 bridgehead atoms. The third kappa shape index (κ3) is 4.64. The number of amidine groups is 1. The molecule has 4 N–H and O–H groups in total. The number of hydrogen-bond acceptors (Lipinski definition) is 5. The summed E-state index contributed by atoms with van der Waals surface area (Å²) in [7, 11) is 0. The van der Waals surface area contributed by atoms with E-state index in [4.69, 9.17) is 16.6 Å². The summed E-state index contributed by atoms with van der Waals surface area (Å²) in [6.45, 7) is 1.76. The standard InChI is InChI=1S/C14H17N5S2/c1-10(15)21-13-8-18-9-19(13)12-4-2-11(3-5-12)6-7-20-14(16)17/h2-5,8-9,15H,6-7H2,1H3,(H3,16,17). The topological polar surface area (TPSA) is 91.5 Å². The van der Waals surface area contributed by atoms with Crippen LogP contribution < -0.4 is 5.73 Å². The van der Waals surface area contributed by atoms with Gasteiger partial charge in [0.25, 0.3) is 0 Å². The summed E-state index contributed by atoms with van der Waals surface area (Å²) < 4.78 is 1.97. The van der Waals surface area contributed by atoms with E-state index in [-0.39, 0.29) is 5.17 Å². The first kappa shape index (κ1) is 15.7. The lowest BCUT2D eigenvalue weighted by atomic mass is 10.1. The highest BCUT2D eigenvalue weighted by Gasteiger charge is 2.06. The summed E-state index contributed by atoms with van der Waals surface area (Å²) in [5, 5.41) is 16.4. The molecule has 5 nitrogen and oxygen atoms in total. The average Bonchev–Trinajstić information content (AvgIpc) is 2.86. The first-order valence-electron chi connectivity index (χ1n) is 6.38. The van der Waals surface area contributed by atoms with Crippen LogP contribution in [0.15, 0.2) is 41.8 Å². The zero-order valence-corrected chi connectivity index (χ0v) is 13.3. The van der Waals surface area contributed by atoms with Crippen LogP contribution in [0.3, 0.4) is 0 Å². The molecule has 0 aliphatic rings. The lowest BCUT2D eigenvalue weighted by Crippen LogP contribution is -2.05. The van der Waals surface area contributed by atoms with E-state index in [1.165, 1.54) is 29.1 Å². The van der Waals surface area contributed by atoms with Crippen molar-refractivity contribution >= 4 is 33.7 Å². The first-order chi connectivity index (χ1) is 10.1. The van der Waals surface area contributed by atoms with Gasteiger partial charge in [-0.3, -0.25) is 15.4 Å². The second-order valence-corrected chi connectivity index (χ2v) is 6.76. The number of thioether (sulfide) groups is 2. The van der Waals surface area contributed by atoms with Crippen LogP contribution >= 0.6 is 23.5 Å². The smallest absolute Gasteiger partial charge is 0.151 e. The molecule has 0 aliphatic carbocycles. The molecule has 2 aromatic rings. The number of aromatic nitrogens is 2. The third-order valence-corrected chi connectivity index (χ3v) is 4.26. The van der Waals surface area contributed by atoms with Crippen LogP contribution in [-0.4, -0.2) is 25.5 Å². The maximum atomic E-state index is 7.57. The van der Waals surface area contributed by atoms with Crippen LogP contribution in [0.2, 0.25) is 0 Å². The Morgan fingerprint density at radius 1 is 1.29 bits per heavy atom. The van der Waals surface area contributed by atoms with E-state index < -0.39 is 0 Å². The van der Waals surface area contributed by atoms with Crippen molar-refractivity contribution in [1.29, 1.82) is 10.8 Å². The number of nitrogens with one attached hydrogen (secondary N) is 2. The molecular formula is C14H17N5S2. The molecule has 0 unspecified atom stereocenters. The summed E-state index contributed by atoms with van der Waals surface area (Å²) in [5.74, 6) is 0.813. The Labute approximate surface area is 132 Å². The summed E-state index contributed by atoms with van der Waals surface area (Å²) in [5.41, 5.74) is 7.56. The van der Waals surface area contributed by atoms with Crippen LogP contribution in [0.25, 0.3) is 5.69 Å². The Kier molecular flexibility index (Phi) is 5.46. The second-order valence-electron chi connectivity index (χ2n) is 4.39. The van der Waals surface area contributed by atoms with Crippen molar-refractivity contribution in [2.24, 2.45) is 5.73 Å². The molecule has 0 amide bonds. The molecule has 1 aromatic heterocycles. The Bertz CT molecular complexity index is 633. The van der Waals surface area contributed by atoms with Gasteiger partial charge < -0.3 is 5.73 Å². The third-order valence-electron chi connectivity index (χ3n) is 2.73. The molecule has 2 rings (SSSR count). The van der Waals surface area contributed by atoms with Gasteiger partial charge in [-0.25, -0.2) is 4.98 Å². The van der Waals surface area contributed by atoms with Gasteiger partial charge in [-0.15, -0.1) is 0 Å². The van der Waals surface area contributed by atoms with Crippen molar-refractivity contribution in [1.82, 2.24) is 9.55 Å². The van der Waals surface area contributed by atoms with E-state index in [0.29, 0.717) is 5.04 Å². The molecule has 0 saturated heterocycles. The maximum absolute atomic E-state index is 7.57. The maximum Gasteiger partial charge on any atom is 0.151 e. The Balaban J connectivity index is 2.07. The highest BCUT2D eigenvalue weighted by atomic mass is 32.2. The molecule has 110 valence electrons. The largest absolute Gasteiger partial charge is 0.379 e. The zero-order chi connectivity index (χ0) is 15.2. The SMILES string of the molecule is CC(=N)Sc1cncn1-c1ccc(CCSC(=N)N)cc1. The lowest BCUT2D eigenvalue weighted by molar-refractivity contribution is 0.951. The molecule has 0 fully saturated rings. The van der Waals surface area contributed by atoms with Crippen LogP contribution in [0.4, 0.5) is 0 Å². The molecule has 0 saturated carbocycles. The fourth-order valence-electron chi connectivity index (χ4n) is 1.81. The molecule has 0 atom stereocenters. The van der Waals surface area contributed by atoms with Crippen LogP contribution in [-0.2, 0) is 6.42 Å². The van der Waals surface area contributed by atoms with Crippen molar-refractivity contribution in [3.8, 4) is 5.69 Å². The van der Waals surface area contributed by atoms with E-state index in [0.717, 1.165) is 22.9 Å². The summed E-state index contributed by atoms with van der Waals surface area (Å²) in [6, 6.07) is 8.22. The predicted molar refractivity (Wildman–Crippen MR) is 90.9 cm³/mol. The van der Waals surface area contributed by atoms with Gasteiger partial charge in [0.05, 0.1) is 11.2 Å². The Morgan fingerprint density at radius 2 is 2.00 bits per heavy atom. The Morgan fingerprint density at radius 3 is 2.62 bits per heavy atom. The average molecular weight is 319 g/mol. The molecular weight excluding hydrogens is 302 g/mol. The highest BCUT2D eigenvalue weighted by Crippen LogP contribution is 2.22. The minimum absolute atomic E-state index is 0.161. The minimum Gasteiger partial charge on any atom is -0.379 e.